The summed E-state index contributed by atoms with van der Waals surface area (Å²) in [5, 5.41) is 0. The molecule has 0 atom stereocenters. The Morgan fingerprint density at radius 2 is 1.92 bits per heavy atom. The van der Waals surface area contributed by atoms with Crippen LogP contribution >= 0.6 is 11.8 Å². The van der Waals surface area contributed by atoms with Gasteiger partial charge >= 0.3 is 0 Å². The maximum Gasteiger partial charge on any atom is 0.234 e. The molecule has 1 aromatic rings. The van der Waals surface area contributed by atoms with Gasteiger partial charge in [-0.15, -0.1) is 0 Å². The van der Waals surface area contributed by atoms with Crippen LogP contribution in [0.4, 0.5) is 0 Å². The molecule has 70 valence electrons. The minimum Gasteiger partial charge on any atom is -0.274 e. The number of aryl methyl sites for hydroxylation is 1. The first-order valence-electron chi connectivity index (χ1n) is 4.09. The zero-order chi connectivity index (χ0) is 9.84. The molecule has 0 radical (unpaired) electrons. The van der Waals surface area contributed by atoms with Crippen molar-refractivity contribution in [3.63, 3.8) is 0 Å². The summed E-state index contributed by atoms with van der Waals surface area (Å²) in [6, 6.07) is 7.93. The third-order valence-electron chi connectivity index (χ3n) is 1.78. The second kappa shape index (κ2) is 4.28. The van der Waals surface area contributed by atoms with Crippen LogP contribution in [0.3, 0.4) is 0 Å². The molecule has 13 heavy (non-hydrogen) atoms. The lowest BCUT2D eigenvalue weighted by molar-refractivity contribution is -0.124. The summed E-state index contributed by atoms with van der Waals surface area (Å²) in [6.45, 7) is 3.92. The van der Waals surface area contributed by atoms with Crippen molar-refractivity contribution in [2.75, 3.05) is 0 Å². The van der Waals surface area contributed by atoms with Crippen molar-refractivity contribution < 1.29 is 4.79 Å². The highest BCUT2D eigenvalue weighted by Crippen LogP contribution is 2.08. The lowest BCUT2D eigenvalue weighted by Gasteiger charge is -2.10. The second-order valence-electron chi connectivity index (χ2n) is 3.02. The zero-order valence-electron chi connectivity index (χ0n) is 7.75. The van der Waals surface area contributed by atoms with Gasteiger partial charge in [0.2, 0.25) is 5.91 Å². The van der Waals surface area contributed by atoms with Gasteiger partial charge < -0.3 is 0 Å². The standard InChI is InChI=1S/C10H12ClNO/c1-8-3-5-10(6-4-8)7-12(11)9(2)13/h3-6H,7H2,1-2H3. The molecule has 0 spiro atoms. The lowest BCUT2D eigenvalue weighted by Crippen LogP contribution is -2.17. The number of carbonyl (C=O) groups excluding carboxylic acids is 1. The van der Waals surface area contributed by atoms with E-state index in [2.05, 4.69) is 0 Å². The third kappa shape index (κ3) is 3.07. The van der Waals surface area contributed by atoms with Gasteiger partial charge in [0.25, 0.3) is 0 Å². The molecule has 0 aliphatic rings. The van der Waals surface area contributed by atoms with Gasteiger partial charge in [-0.1, -0.05) is 29.8 Å². The Hall–Kier alpha value is -1.02. The number of carbonyl (C=O) groups is 1. The van der Waals surface area contributed by atoms with Gasteiger partial charge in [0, 0.05) is 18.7 Å². The molecule has 0 heterocycles. The number of rotatable bonds is 2. The monoisotopic (exact) mass is 197 g/mol. The first-order chi connectivity index (χ1) is 6.09. The van der Waals surface area contributed by atoms with E-state index in [1.54, 1.807) is 0 Å². The van der Waals surface area contributed by atoms with Crippen LogP contribution in [0.2, 0.25) is 0 Å². The van der Waals surface area contributed by atoms with E-state index >= 15 is 0 Å². The maximum absolute atomic E-state index is 10.8. The van der Waals surface area contributed by atoms with E-state index in [-0.39, 0.29) is 5.91 Å². The highest BCUT2D eigenvalue weighted by atomic mass is 35.5. The van der Waals surface area contributed by atoms with Crippen LogP contribution in [0.5, 0.6) is 0 Å². The van der Waals surface area contributed by atoms with Crippen LogP contribution in [-0.2, 0) is 11.3 Å². The first-order valence-corrected chi connectivity index (χ1v) is 4.43. The van der Waals surface area contributed by atoms with Crippen molar-refractivity contribution >= 4 is 17.7 Å². The smallest absolute Gasteiger partial charge is 0.234 e. The molecule has 0 fully saturated rings. The summed E-state index contributed by atoms with van der Waals surface area (Å²) in [5.41, 5.74) is 2.24. The molecule has 0 bridgehead atoms. The fraction of sp³-hybridized carbons (Fsp3) is 0.300. The number of hydrogen-bond donors (Lipinski definition) is 0. The van der Waals surface area contributed by atoms with Crippen molar-refractivity contribution in [2.45, 2.75) is 20.4 Å². The van der Waals surface area contributed by atoms with Crippen LogP contribution in [0.15, 0.2) is 24.3 Å². The summed E-state index contributed by atoms with van der Waals surface area (Å²) >= 11 is 5.67. The molecule has 0 saturated carbocycles. The number of halogens is 1. The van der Waals surface area contributed by atoms with Gasteiger partial charge in [0.15, 0.2) is 0 Å². The minimum absolute atomic E-state index is 0.137. The molecule has 1 aromatic carbocycles. The molecule has 0 aliphatic heterocycles. The molecule has 0 aromatic heterocycles. The van der Waals surface area contributed by atoms with Crippen molar-refractivity contribution in [1.82, 2.24) is 4.42 Å². The van der Waals surface area contributed by atoms with Crippen molar-refractivity contribution in [2.24, 2.45) is 0 Å². The highest BCUT2D eigenvalue weighted by Gasteiger charge is 2.04. The largest absolute Gasteiger partial charge is 0.274 e. The van der Waals surface area contributed by atoms with Gasteiger partial charge in [0.05, 0.1) is 6.54 Å². The molecule has 1 rings (SSSR count). The highest BCUT2D eigenvalue weighted by molar-refractivity contribution is 6.20. The van der Waals surface area contributed by atoms with E-state index in [9.17, 15) is 4.79 Å². The molecule has 2 nitrogen and oxygen atoms in total. The second-order valence-corrected chi connectivity index (χ2v) is 3.43. The average Bonchev–Trinajstić information content (AvgIpc) is 2.08. The molecule has 1 amide bonds. The van der Waals surface area contributed by atoms with Crippen LogP contribution in [0.1, 0.15) is 18.1 Å². The Labute approximate surface area is 83.2 Å². The predicted octanol–water partition coefficient (Wildman–Crippen LogP) is 2.50. The van der Waals surface area contributed by atoms with Gasteiger partial charge in [-0.3, -0.25) is 9.21 Å². The van der Waals surface area contributed by atoms with E-state index in [0.29, 0.717) is 6.54 Å². The SMILES string of the molecule is CC(=O)N(Cl)Cc1ccc(C)cc1. The molecular weight excluding hydrogens is 186 g/mol. The summed E-state index contributed by atoms with van der Waals surface area (Å²) in [4.78, 5) is 10.8. The van der Waals surface area contributed by atoms with Crippen molar-refractivity contribution in [3.05, 3.63) is 35.4 Å². The summed E-state index contributed by atoms with van der Waals surface area (Å²) in [7, 11) is 0. The third-order valence-corrected chi connectivity index (χ3v) is 2.14. The van der Waals surface area contributed by atoms with Crippen molar-refractivity contribution in [1.29, 1.82) is 0 Å². The number of nitrogens with zero attached hydrogens (tertiary/aromatic N) is 1. The average molecular weight is 198 g/mol. The zero-order valence-corrected chi connectivity index (χ0v) is 8.51. The molecule has 3 heteroatoms. The van der Waals surface area contributed by atoms with E-state index in [0.717, 1.165) is 5.56 Å². The van der Waals surface area contributed by atoms with E-state index in [1.807, 2.05) is 31.2 Å². The maximum atomic E-state index is 10.8. The van der Waals surface area contributed by atoms with Gasteiger partial charge in [-0.25, -0.2) is 0 Å². The van der Waals surface area contributed by atoms with E-state index in [1.165, 1.54) is 16.9 Å². The van der Waals surface area contributed by atoms with Gasteiger partial charge in [0.1, 0.15) is 0 Å². The first kappa shape index (κ1) is 10.1. The molecular formula is C10H12ClNO. The molecule has 0 unspecified atom stereocenters. The van der Waals surface area contributed by atoms with E-state index < -0.39 is 0 Å². The fourth-order valence-corrected chi connectivity index (χ4v) is 1.10. The topological polar surface area (TPSA) is 20.3 Å². The Bertz CT molecular complexity index is 294. The Morgan fingerprint density at radius 3 is 2.38 bits per heavy atom. The minimum atomic E-state index is -0.137. The van der Waals surface area contributed by atoms with Crippen LogP contribution in [0.25, 0.3) is 0 Å². The fourth-order valence-electron chi connectivity index (χ4n) is 0.965. The molecule has 0 N–H and O–H groups in total. The van der Waals surface area contributed by atoms with Gasteiger partial charge in [-0.05, 0) is 12.5 Å². The number of hydrogen-bond acceptors (Lipinski definition) is 1. The van der Waals surface area contributed by atoms with Crippen LogP contribution < -0.4 is 0 Å². The molecule has 0 saturated heterocycles. The van der Waals surface area contributed by atoms with Crippen molar-refractivity contribution in [3.8, 4) is 0 Å². The van der Waals surface area contributed by atoms with Crippen LogP contribution in [-0.4, -0.2) is 10.3 Å². The summed E-state index contributed by atoms with van der Waals surface area (Å²) in [6.07, 6.45) is 0. The summed E-state index contributed by atoms with van der Waals surface area (Å²) < 4.78 is 1.17. The number of amides is 1. The lowest BCUT2D eigenvalue weighted by atomic mass is 10.1. The Kier molecular flexibility index (Phi) is 3.32. The van der Waals surface area contributed by atoms with Crippen LogP contribution in [0, 0.1) is 6.92 Å². The Balaban J connectivity index is 2.64. The van der Waals surface area contributed by atoms with E-state index in [4.69, 9.17) is 11.8 Å². The molecule has 0 aliphatic carbocycles. The summed E-state index contributed by atoms with van der Waals surface area (Å²) in [5.74, 6) is -0.137. The van der Waals surface area contributed by atoms with Gasteiger partial charge in [-0.2, -0.15) is 0 Å². The Morgan fingerprint density at radius 1 is 1.38 bits per heavy atom. The normalized spacial score (nSPS) is 9.77. The number of benzene rings is 1. The predicted molar refractivity (Wildman–Crippen MR) is 53.3 cm³/mol. The quantitative estimate of drug-likeness (QED) is 0.668.